The Hall–Kier alpha value is -2.08. The summed E-state index contributed by atoms with van der Waals surface area (Å²) < 4.78 is 4.67. The zero-order chi connectivity index (χ0) is 13.5. The normalized spacial score (nSPS) is 9.72. The van der Waals surface area contributed by atoms with E-state index in [0.29, 0.717) is 11.3 Å². The van der Waals surface area contributed by atoms with Crippen LogP contribution in [0.1, 0.15) is 15.9 Å². The molecule has 0 saturated heterocycles. The number of hydrogen-bond acceptors (Lipinski definition) is 4. The van der Waals surface area contributed by atoms with E-state index in [1.54, 1.807) is 32.2 Å². The highest BCUT2D eigenvalue weighted by Crippen LogP contribution is 2.16. The number of ether oxygens (including phenoxy) is 1. The summed E-state index contributed by atoms with van der Waals surface area (Å²) in [5.74, 6) is -0.187. The number of benzene rings is 1. The van der Waals surface area contributed by atoms with Crippen molar-refractivity contribution in [2.24, 2.45) is 0 Å². The van der Waals surface area contributed by atoms with Crippen molar-refractivity contribution >= 4 is 17.7 Å². The lowest BCUT2D eigenvalue weighted by Gasteiger charge is -2.09. The van der Waals surface area contributed by atoms with Gasteiger partial charge in [0, 0.05) is 18.3 Å². The molecule has 6 heteroatoms. The van der Waals surface area contributed by atoms with Crippen LogP contribution < -0.4 is 10.6 Å². The predicted octanol–water partition coefficient (Wildman–Crippen LogP) is 0.895. The molecule has 0 fully saturated rings. The summed E-state index contributed by atoms with van der Waals surface area (Å²) in [6.45, 7) is 1.50. The van der Waals surface area contributed by atoms with Gasteiger partial charge in [0.2, 0.25) is 0 Å². The van der Waals surface area contributed by atoms with Crippen molar-refractivity contribution in [1.82, 2.24) is 5.32 Å². The van der Waals surface area contributed by atoms with Gasteiger partial charge in [-0.1, -0.05) is 0 Å². The first-order valence-electron chi connectivity index (χ1n) is 5.46. The van der Waals surface area contributed by atoms with E-state index in [0.717, 1.165) is 5.56 Å². The molecule has 0 radical (unpaired) electrons. The van der Waals surface area contributed by atoms with Gasteiger partial charge in [-0.05, 0) is 30.7 Å². The first kappa shape index (κ1) is 14.0. The Labute approximate surface area is 105 Å². The lowest BCUT2D eigenvalue weighted by Crippen LogP contribution is -2.19. The van der Waals surface area contributed by atoms with Crippen LogP contribution >= 0.6 is 0 Å². The van der Waals surface area contributed by atoms with E-state index in [-0.39, 0.29) is 19.1 Å². The number of rotatable bonds is 4. The van der Waals surface area contributed by atoms with Gasteiger partial charge in [0.05, 0.1) is 6.61 Å². The number of aliphatic hydroxyl groups is 1. The molecule has 0 aromatic heterocycles. The monoisotopic (exact) mass is 252 g/mol. The van der Waals surface area contributed by atoms with Crippen LogP contribution in [0.15, 0.2) is 18.2 Å². The summed E-state index contributed by atoms with van der Waals surface area (Å²) >= 11 is 0. The molecule has 18 heavy (non-hydrogen) atoms. The number of hydrogen-bond donors (Lipinski definition) is 3. The van der Waals surface area contributed by atoms with E-state index in [1.165, 1.54) is 0 Å². The number of aryl methyl sites for hydroxylation is 1. The Kier molecular flexibility index (Phi) is 5.13. The van der Waals surface area contributed by atoms with Crippen molar-refractivity contribution in [1.29, 1.82) is 0 Å². The number of aliphatic hydroxyl groups excluding tert-OH is 1. The van der Waals surface area contributed by atoms with E-state index < -0.39 is 6.09 Å². The molecule has 3 N–H and O–H groups in total. The lowest BCUT2D eigenvalue weighted by molar-refractivity contribution is 0.0963. The number of anilines is 1. The molecular weight excluding hydrogens is 236 g/mol. The fraction of sp³-hybridized carbons (Fsp3) is 0.333. The molecule has 0 bridgehead atoms. The van der Waals surface area contributed by atoms with Gasteiger partial charge < -0.3 is 15.2 Å². The Balaban J connectivity index is 2.74. The summed E-state index contributed by atoms with van der Waals surface area (Å²) in [6.07, 6.45) is -0.639. The summed E-state index contributed by atoms with van der Waals surface area (Å²) in [7, 11) is 1.55. The third-order valence-corrected chi connectivity index (χ3v) is 2.28. The van der Waals surface area contributed by atoms with Crippen molar-refractivity contribution in [3.8, 4) is 0 Å². The Morgan fingerprint density at radius 2 is 2.11 bits per heavy atom. The first-order chi connectivity index (χ1) is 8.58. The summed E-state index contributed by atoms with van der Waals surface area (Å²) in [5, 5.41) is 13.6. The number of nitrogens with one attached hydrogen (secondary N) is 2. The lowest BCUT2D eigenvalue weighted by atomic mass is 10.1. The Morgan fingerprint density at radius 3 is 2.67 bits per heavy atom. The van der Waals surface area contributed by atoms with Gasteiger partial charge in [0.1, 0.15) is 6.61 Å². The molecule has 0 aliphatic carbocycles. The van der Waals surface area contributed by atoms with Gasteiger partial charge in [-0.2, -0.15) is 0 Å². The van der Waals surface area contributed by atoms with Crippen LogP contribution in [0.4, 0.5) is 10.5 Å². The van der Waals surface area contributed by atoms with Gasteiger partial charge in [-0.25, -0.2) is 4.79 Å². The molecule has 0 unspecified atom stereocenters. The van der Waals surface area contributed by atoms with E-state index in [1.807, 2.05) is 0 Å². The molecule has 1 aromatic carbocycles. The second kappa shape index (κ2) is 6.61. The molecule has 1 rings (SSSR count). The molecular formula is C12H16N2O4. The van der Waals surface area contributed by atoms with Crippen LogP contribution in [-0.4, -0.2) is 37.4 Å². The molecule has 2 amide bonds. The van der Waals surface area contributed by atoms with Crippen LogP contribution in [0.2, 0.25) is 0 Å². The zero-order valence-electron chi connectivity index (χ0n) is 10.3. The van der Waals surface area contributed by atoms with Crippen LogP contribution in [0.5, 0.6) is 0 Å². The molecule has 0 atom stereocenters. The smallest absolute Gasteiger partial charge is 0.411 e. The number of carbonyl (C=O) groups is 2. The Bertz CT molecular complexity index is 446. The number of carbonyl (C=O) groups excluding carboxylic acids is 2. The predicted molar refractivity (Wildman–Crippen MR) is 66.6 cm³/mol. The quantitative estimate of drug-likeness (QED) is 0.742. The summed E-state index contributed by atoms with van der Waals surface area (Å²) in [4.78, 5) is 22.7. The molecule has 98 valence electrons. The van der Waals surface area contributed by atoms with Crippen LogP contribution in [0, 0.1) is 6.92 Å². The van der Waals surface area contributed by atoms with Gasteiger partial charge in [-0.3, -0.25) is 10.1 Å². The van der Waals surface area contributed by atoms with Gasteiger partial charge in [-0.15, -0.1) is 0 Å². The molecule has 6 nitrogen and oxygen atoms in total. The highest BCUT2D eigenvalue weighted by molar-refractivity contribution is 5.95. The maximum atomic E-state index is 11.4. The molecule has 0 spiro atoms. The maximum Gasteiger partial charge on any atom is 0.411 e. The zero-order valence-corrected chi connectivity index (χ0v) is 10.3. The highest BCUT2D eigenvalue weighted by atomic mass is 16.6. The van der Waals surface area contributed by atoms with E-state index in [9.17, 15) is 9.59 Å². The number of amides is 2. The SMILES string of the molecule is CNC(=O)c1ccc(NC(=O)OCCO)c(C)c1. The van der Waals surface area contributed by atoms with Crippen molar-refractivity contribution in [3.63, 3.8) is 0 Å². The largest absolute Gasteiger partial charge is 0.447 e. The van der Waals surface area contributed by atoms with Gasteiger partial charge >= 0.3 is 6.09 Å². The molecule has 0 saturated carbocycles. The van der Waals surface area contributed by atoms with Gasteiger partial charge in [0.15, 0.2) is 0 Å². The molecule has 1 aromatic rings. The minimum Gasteiger partial charge on any atom is -0.447 e. The van der Waals surface area contributed by atoms with Crippen LogP contribution in [0.3, 0.4) is 0 Å². The average molecular weight is 252 g/mol. The molecule has 0 aliphatic rings. The van der Waals surface area contributed by atoms with E-state index >= 15 is 0 Å². The second-order valence-electron chi connectivity index (χ2n) is 3.59. The van der Waals surface area contributed by atoms with E-state index in [2.05, 4.69) is 15.4 Å². The average Bonchev–Trinajstić information content (AvgIpc) is 2.37. The molecule has 0 aliphatic heterocycles. The van der Waals surface area contributed by atoms with Crippen molar-refractivity contribution in [3.05, 3.63) is 29.3 Å². The third kappa shape index (κ3) is 3.74. The fourth-order valence-electron chi connectivity index (χ4n) is 1.37. The van der Waals surface area contributed by atoms with Crippen molar-refractivity contribution in [2.45, 2.75) is 6.92 Å². The minimum absolute atomic E-state index is 0.0544. The summed E-state index contributed by atoms with van der Waals surface area (Å²) in [5.41, 5.74) is 1.83. The topological polar surface area (TPSA) is 87.7 Å². The third-order valence-electron chi connectivity index (χ3n) is 2.28. The highest BCUT2D eigenvalue weighted by Gasteiger charge is 2.08. The minimum atomic E-state index is -0.639. The standard InChI is InChI=1S/C12H16N2O4/c1-8-7-9(11(16)13-2)3-4-10(8)14-12(17)18-6-5-15/h3-4,7,15H,5-6H2,1-2H3,(H,13,16)(H,14,17). The van der Waals surface area contributed by atoms with Crippen LogP contribution in [0.25, 0.3) is 0 Å². The molecule has 0 heterocycles. The van der Waals surface area contributed by atoms with E-state index in [4.69, 9.17) is 5.11 Å². The first-order valence-corrected chi connectivity index (χ1v) is 5.46. The van der Waals surface area contributed by atoms with Crippen molar-refractivity contribution < 1.29 is 19.4 Å². The Morgan fingerprint density at radius 1 is 1.39 bits per heavy atom. The van der Waals surface area contributed by atoms with Crippen molar-refractivity contribution in [2.75, 3.05) is 25.6 Å². The second-order valence-corrected chi connectivity index (χ2v) is 3.59. The maximum absolute atomic E-state index is 11.4. The fourth-order valence-corrected chi connectivity index (χ4v) is 1.37. The van der Waals surface area contributed by atoms with Gasteiger partial charge in [0.25, 0.3) is 5.91 Å². The van der Waals surface area contributed by atoms with Crippen LogP contribution in [-0.2, 0) is 4.74 Å². The summed E-state index contributed by atoms with van der Waals surface area (Å²) in [6, 6.07) is 4.90.